The second-order valence-electron chi connectivity index (χ2n) is 3.64. The number of methoxy groups -OCH3 is 2. The van der Waals surface area contributed by atoms with Gasteiger partial charge in [-0.25, -0.2) is 0 Å². The first-order chi connectivity index (χ1) is 8.49. The summed E-state index contributed by atoms with van der Waals surface area (Å²) in [6.45, 7) is 0. The lowest BCUT2D eigenvalue weighted by atomic mass is 10.0. The van der Waals surface area contributed by atoms with E-state index in [0.29, 0.717) is 11.5 Å². The minimum Gasteiger partial charge on any atom is -0.497 e. The predicted octanol–water partition coefficient (Wildman–Crippen LogP) is 0.688. The molecule has 1 unspecified atom stereocenters. The number of carboxylic acid groups (broad SMARTS) is 1. The van der Waals surface area contributed by atoms with Gasteiger partial charge in [-0.2, -0.15) is 0 Å². The van der Waals surface area contributed by atoms with Crippen LogP contribution in [0.2, 0.25) is 0 Å². The number of nitrogens with two attached hydrogens (primary N) is 1. The van der Waals surface area contributed by atoms with Gasteiger partial charge in [0, 0.05) is 12.5 Å². The number of ether oxygens (including phenoxy) is 2. The molecule has 0 bridgehead atoms. The van der Waals surface area contributed by atoms with Gasteiger partial charge in [0.15, 0.2) is 5.78 Å². The fraction of sp³-hybridized carbons (Fsp3) is 0.333. The maximum atomic E-state index is 11.9. The molecule has 6 nitrogen and oxygen atoms in total. The molecule has 1 atom stereocenters. The van der Waals surface area contributed by atoms with Crippen LogP contribution < -0.4 is 15.2 Å². The molecule has 0 saturated heterocycles. The first-order valence-corrected chi connectivity index (χ1v) is 5.23. The number of hydrogen-bond acceptors (Lipinski definition) is 5. The van der Waals surface area contributed by atoms with Crippen LogP contribution in [0.25, 0.3) is 0 Å². The first-order valence-electron chi connectivity index (χ1n) is 5.23. The van der Waals surface area contributed by atoms with Gasteiger partial charge in [-0.05, 0) is 12.1 Å². The van der Waals surface area contributed by atoms with Crippen LogP contribution in [0.5, 0.6) is 11.5 Å². The largest absolute Gasteiger partial charge is 0.497 e. The number of carboxylic acids is 1. The molecule has 0 heterocycles. The molecule has 0 radical (unpaired) electrons. The van der Waals surface area contributed by atoms with E-state index in [1.807, 2.05) is 0 Å². The van der Waals surface area contributed by atoms with Crippen LogP contribution in [-0.4, -0.2) is 37.1 Å². The van der Waals surface area contributed by atoms with Gasteiger partial charge in [0.05, 0.1) is 19.8 Å². The number of carbonyl (C=O) groups is 2. The molecule has 0 aromatic heterocycles. The molecule has 0 saturated carbocycles. The molecule has 0 spiro atoms. The zero-order valence-electron chi connectivity index (χ0n) is 10.2. The van der Waals surface area contributed by atoms with Crippen LogP contribution in [0.3, 0.4) is 0 Å². The van der Waals surface area contributed by atoms with Crippen molar-refractivity contribution in [3.63, 3.8) is 0 Å². The Labute approximate surface area is 104 Å². The lowest BCUT2D eigenvalue weighted by Gasteiger charge is -2.10. The number of aliphatic carboxylic acids is 1. The minimum absolute atomic E-state index is 0.280. The van der Waals surface area contributed by atoms with Gasteiger partial charge in [0.2, 0.25) is 0 Å². The third kappa shape index (κ3) is 3.21. The molecule has 1 aromatic rings. The zero-order chi connectivity index (χ0) is 13.7. The highest BCUT2D eigenvalue weighted by Gasteiger charge is 2.20. The quantitative estimate of drug-likeness (QED) is 0.723. The van der Waals surface area contributed by atoms with Crippen molar-refractivity contribution in [1.29, 1.82) is 0 Å². The number of ketones is 1. The van der Waals surface area contributed by atoms with E-state index in [2.05, 4.69) is 0 Å². The summed E-state index contributed by atoms with van der Waals surface area (Å²) in [7, 11) is 2.92. The fourth-order valence-electron chi connectivity index (χ4n) is 1.43. The summed E-state index contributed by atoms with van der Waals surface area (Å²) in [6, 6.07) is 3.46. The predicted molar refractivity (Wildman–Crippen MR) is 64.1 cm³/mol. The van der Waals surface area contributed by atoms with Crippen molar-refractivity contribution < 1.29 is 24.2 Å². The maximum Gasteiger partial charge on any atom is 0.320 e. The van der Waals surface area contributed by atoms with Crippen molar-refractivity contribution >= 4 is 11.8 Å². The van der Waals surface area contributed by atoms with Gasteiger partial charge in [-0.3, -0.25) is 9.59 Å². The monoisotopic (exact) mass is 253 g/mol. The average Bonchev–Trinajstić information content (AvgIpc) is 2.37. The van der Waals surface area contributed by atoms with Crippen LogP contribution in [-0.2, 0) is 4.79 Å². The van der Waals surface area contributed by atoms with Gasteiger partial charge in [-0.15, -0.1) is 0 Å². The van der Waals surface area contributed by atoms with Crippen molar-refractivity contribution in [2.45, 2.75) is 12.5 Å². The smallest absolute Gasteiger partial charge is 0.320 e. The van der Waals surface area contributed by atoms with E-state index in [0.717, 1.165) is 0 Å². The zero-order valence-corrected chi connectivity index (χ0v) is 10.2. The lowest BCUT2D eigenvalue weighted by molar-refractivity contribution is -0.138. The Morgan fingerprint density at radius 3 is 2.50 bits per heavy atom. The van der Waals surface area contributed by atoms with Gasteiger partial charge in [0.1, 0.15) is 17.5 Å². The van der Waals surface area contributed by atoms with E-state index < -0.39 is 12.0 Å². The van der Waals surface area contributed by atoms with Crippen LogP contribution in [0.4, 0.5) is 0 Å². The van der Waals surface area contributed by atoms with E-state index in [-0.39, 0.29) is 17.8 Å². The minimum atomic E-state index is -1.22. The van der Waals surface area contributed by atoms with E-state index in [4.69, 9.17) is 20.3 Å². The summed E-state index contributed by atoms with van der Waals surface area (Å²) in [5, 5.41) is 8.66. The second-order valence-corrected chi connectivity index (χ2v) is 3.64. The lowest BCUT2D eigenvalue weighted by Crippen LogP contribution is -2.32. The Bertz CT molecular complexity index is 458. The summed E-state index contributed by atoms with van der Waals surface area (Å²) in [6.07, 6.45) is -0.280. The number of Topliss-reactive ketones (excluding diaryl/α,β-unsaturated/α-hetero) is 1. The van der Waals surface area contributed by atoms with E-state index in [9.17, 15) is 9.59 Å². The van der Waals surface area contributed by atoms with Gasteiger partial charge >= 0.3 is 5.97 Å². The molecule has 0 aliphatic carbocycles. The molecule has 6 heteroatoms. The Hall–Kier alpha value is -2.08. The maximum absolute atomic E-state index is 11.9. The molecule has 0 fully saturated rings. The topological polar surface area (TPSA) is 98.9 Å². The summed E-state index contributed by atoms with van der Waals surface area (Å²) in [5.74, 6) is -0.719. The number of hydrogen-bond donors (Lipinski definition) is 2. The van der Waals surface area contributed by atoms with Gasteiger partial charge in [0.25, 0.3) is 0 Å². The van der Waals surface area contributed by atoms with Crippen molar-refractivity contribution in [3.8, 4) is 11.5 Å². The van der Waals surface area contributed by atoms with Crippen LogP contribution in [0, 0.1) is 0 Å². The van der Waals surface area contributed by atoms with E-state index in [1.54, 1.807) is 12.1 Å². The Balaban J connectivity index is 2.95. The summed E-state index contributed by atoms with van der Waals surface area (Å²) >= 11 is 0. The third-order valence-corrected chi connectivity index (χ3v) is 2.43. The molecule has 3 N–H and O–H groups in total. The molecule has 0 aliphatic rings. The number of rotatable bonds is 6. The molecular formula is C12H15NO5. The van der Waals surface area contributed by atoms with Gasteiger partial charge < -0.3 is 20.3 Å². The molecule has 0 aliphatic heterocycles. The van der Waals surface area contributed by atoms with Crippen molar-refractivity contribution in [2.75, 3.05) is 14.2 Å². The summed E-state index contributed by atoms with van der Waals surface area (Å²) in [5.41, 5.74) is 5.60. The van der Waals surface area contributed by atoms with Crippen LogP contribution in [0.1, 0.15) is 16.8 Å². The summed E-state index contributed by atoms with van der Waals surface area (Å²) in [4.78, 5) is 22.5. The number of carbonyl (C=O) groups excluding carboxylic acids is 1. The summed E-state index contributed by atoms with van der Waals surface area (Å²) < 4.78 is 10.1. The van der Waals surface area contributed by atoms with Crippen molar-refractivity contribution in [3.05, 3.63) is 23.8 Å². The standard InChI is InChI=1S/C12H15NO5/c1-17-7-3-4-8(11(5-7)18-2)10(14)6-9(13)12(15)16/h3-5,9H,6,13H2,1-2H3,(H,15,16). The molecule has 18 heavy (non-hydrogen) atoms. The molecule has 98 valence electrons. The molecular weight excluding hydrogens is 238 g/mol. The average molecular weight is 253 g/mol. The third-order valence-electron chi connectivity index (χ3n) is 2.43. The van der Waals surface area contributed by atoms with Crippen molar-refractivity contribution in [2.24, 2.45) is 5.73 Å². The Kier molecular flexibility index (Phi) is 4.67. The fourth-order valence-corrected chi connectivity index (χ4v) is 1.43. The van der Waals surface area contributed by atoms with Crippen molar-refractivity contribution in [1.82, 2.24) is 0 Å². The first kappa shape index (κ1) is 14.0. The molecule has 1 rings (SSSR count). The highest BCUT2D eigenvalue weighted by Crippen LogP contribution is 2.25. The normalized spacial score (nSPS) is 11.7. The Morgan fingerprint density at radius 2 is 2.00 bits per heavy atom. The highest BCUT2D eigenvalue weighted by atomic mass is 16.5. The van der Waals surface area contributed by atoms with Crippen LogP contribution in [0.15, 0.2) is 18.2 Å². The second kappa shape index (κ2) is 6.02. The van der Waals surface area contributed by atoms with E-state index in [1.165, 1.54) is 20.3 Å². The van der Waals surface area contributed by atoms with E-state index >= 15 is 0 Å². The SMILES string of the molecule is COc1ccc(C(=O)CC(N)C(=O)O)c(OC)c1. The highest BCUT2D eigenvalue weighted by molar-refractivity contribution is 6.01. The molecule has 1 aromatic carbocycles. The number of benzene rings is 1. The van der Waals surface area contributed by atoms with Crippen LogP contribution >= 0.6 is 0 Å². The Morgan fingerprint density at radius 1 is 1.33 bits per heavy atom. The van der Waals surface area contributed by atoms with Gasteiger partial charge in [-0.1, -0.05) is 0 Å². The molecule has 0 amide bonds.